The number of carbonyl (C=O) groups excluding carboxylic acids is 2. The summed E-state index contributed by atoms with van der Waals surface area (Å²) in [6.45, 7) is 1.94. The molecule has 0 unspecified atom stereocenters. The van der Waals surface area contributed by atoms with Crippen LogP contribution in [0.15, 0.2) is 42.5 Å². The van der Waals surface area contributed by atoms with Crippen molar-refractivity contribution in [2.45, 2.75) is 25.7 Å². The first-order valence-electron chi connectivity index (χ1n) is 9.46. The number of methoxy groups -OCH3 is 1. The Kier molecular flexibility index (Phi) is 5.50. The highest BCUT2D eigenvalue weighted by Crippen LogP contribution is 2.39. The molecule has 2 N–H and O–H groups in total. The molecule has 154 valence electrons. The lowest BCUT2D eigenvalue weighted by Gasteiger charge is -2.14. The number of benzene rings is 2. The van der Waals surface area contributed by atoms with E-state index in [1.54, 1.807) is 7.11 Å². The van der Waals surface area contributed by atoms with Gasteiger partial charge < -0.3 is 10.1 Å². The van der Waals surface area contributed by atoms with Crippen LogP contribution in [0, 0.1) is 12.7 Å². The minimum atomic E-state index is -0.404. The van der Waals surface area contributed by atoms with Crippen molar-refractivity contribution in [2.75, 3.05) is 17.7 Å². The van der Waals surface area contributed by atoms with Gasteiger partial charge in [-0.05, 0) is 61.7 Å². The molecule has 2 amide bonds. The van der Waals surface area contributed by atoms with Crippen LogP contribution in [-0.2, 0) is 11.2 Å². The fourth-order valence-corrected chi connectivity index (χ4v) is 4.48. The number of fused-ring (bicyclic) bond motifs is 1. The summed E-state index contributed by atoms with van der Waals surface area (Å²) >= 11 is 1.36. The van der Waals surface area contributed by atoms with Gasteiger partial charge in [0.25, 0.3) is 5.91 Å². The fourth-order valence-electron chi connectivity index (χ4n) is 3.45. The number of nitrogens with zero attached hydrogens (tertiary/aromatic N) is 1. The lowest BCUT2D eigenvalue weighted by atomic mass is 10.1. The van der Waals surface area contributed by atoms with Gasteiger partial charge in [0.15, 0.2) is 5.13 Å². The Morgan fingerprint density at radius 1 is 1.17 bits per heavy atom. The van der Waals surface area contributed by atoms with Gasteiger partial charge in [0, 0.05) is 10.4 Å². The zero-order valence-electron chi connectivity index (χ0n) is 16.5. The van der Waals surface area contributed by atoms with E-state index in [1.807, 2.05) is 25.1 Å². The Morgan fingerprint density at radius 2 is 1.93 bits per heavy atom. The smallest absolute Gasteiger partial charge is 0.257 e. The third-order valence-electron chi connectivity index (χ3n) is 4.97. The molecule has 0 saturated carbocycles. The number of anilines is 2. The summed E-state index contributed by atoms with van der Waals surface area (Å²) < 4.78 is 18.4. The molecule has 8 heteroatoms. The predicted molar refractivity (Wildman–Crippen MR) is 114 cm³/mol. The highest BCUT2D eigenvalue weighted by molar-refractivity contribution is 7.16. The molecule has 6 nitrogen and oxygen atoms in total. The van der Waals surface area contributed by atoms with E-state index >= 15 is 0 Å². The highest BCUT2D eigenvalue weighted by Gasteiger charge is 2.33. The average Bonchev–Trinajstić information content (AvgIpc) is 3.28. The summed E-state index contributed by atoms with van der Waals surface area (Å²) in [6, 6.07) is 10.9. The van der Waals surface area contributed by atoms with Crippen molar-refractivity contribution in [3.05, 3.63) is 70.0 Å². The molecular weight excluding hydrogens is 405 g/mol. The lowest BCUT2D eigenvalue weighted by molar-refractivity contribution is -0.117. The quantitative estimate of drug-likeness (QED) is 0.630. The van der Waals surface area contributed by atoms with Crippen molar-refractivity contribution in [2.24, 2.45) is 0 Å². The van der Waals surface area contributed by atoms with Crippen LogP contribution in [0.3, 0.4) is 0 Å². The molecule has 1 aliphatic rings. The van der Waals surface area contributed by atoms with Crippen LogP contribution in [0.1, 0.15) is 38.8 Å². The molecule has 3 aromatic rings. The summed E-state index contributed by atoms with van der Waals surface area (Å²) in [5.41, 5.74) is 2.67. The molecule has 0 aliphatic heterocycles. The van der Waals surface area contributed by atoms with Crippen molar-refractivity contribution < 1.29 is 18.7 Å². The number of thiazole rings is 1. The van der Waals surface area contributed by atoms with E-state index in [2.05, 4.69) is 15.6 Å². The number of hydrogen-bond donors (Lipinski definition) is 2. The van der Waals surface area contributed by atoms with Crippen molar-refractivity contribution >= 4 is 34.0 Å². The normalized spacial score (nSPS) is 14.8. The van der Waals surface area contributed by atoms with Crippen LogP contribution >= 0.6 is 11.3 Å². The van der Waals surface area contributed by atoms with E-state index in [0.29, 0.717) is 34.2 Å². The van der Waals surface area contributed by atoms with E-state index in [9.17, 15) is 14.0 Å². The van der Waals surface area contributed by atoms with Gasteiger partial charge in [0.2, 0.25) is 5.91 Å². The number of amides is 2. The number of ether oxygens (including phenoxy) is 1. The maximum atomic E-state index is 13.0. The predicted octanol–water partition coefficient (Wildman–Crippen LogP) is 4.52. The van der Waals surface area contributed by atoms with Crippen LogP contribution in [0.4, 0.5) is 15.2 Å². The van der Waals surface area contributed by atoms with Crippen LogP contribution < -0.4 is 15.4 Å². The standard InChI is InChI=1S/C22H20FN3O3S/c1-12-3-9-17(29-2)16(11-12)24-21(28)15-8-10-18-19(15)25-22(30-18)26-20(27)13-4-6-14(23)7-5-13/h3-7,9,11,15H,8,10H2,1-2H3,(H,24,28)(H,25,26,27)/t15-/m1/s1. The Morgan fingerprint density at radius 3 is 2.67 bits per heavy atom. The van der Waals surface area contributed by atoms with Gasteiger partial charge in [0.05, 0.1) is 24.4 Å². The molecule has 2 aromatic carbocycles. The summed E-state index contributed by atoms with van der Waals surface area (Å²) in [4.78, 5) is 30.8. The third kappa shape index (κ3) is 4.04. The number of carbonyl (C=O) groups is 2. The molecule has 1 atom stereocenters. The zero-order chi connectivity index (χ0) is 21.3. The second-order valence-electron chi connectivity index (χ2n) is 7.07. The topological polar surface area (TPSA) is 80.3 Å². The summed E-state index contributed by atoms with van der Waals surface area (Å²) in [5, 5.41) is 6.11. The van der Waals surface area contributed by atoms with Gasteiger partial charge in [-0.2, -0.15) is 0 Å². The lowest BCUT2D eigenvalue weighted by Crippen LogP contribution is -2.20. The Labute approximate surface area is 177 Å². The maximum Gasteiger partial charge on any atom is 0.257 e. The molecular formula is C22H20FN3O3S. The molecule has 1 aliphatic carbocycles. The average molecular weight is 425 g/mol. The largest absolute Gasteiger partial charge is 0.495 e. The van der Waals surface area contributed by atoms with Crippen molar-refractivity contribution in [1.82, 2.24) is 4.98 Å². The Hall–Kier alpha value is -3.26. The van der Waals surface area contributed by atoms with Gasteiger partial charge in [-0.15, -0.1) is 11.3 Å². The molecule has 1 heterocycles. The van der Waals surface area contributed by atoms with Crippen molar-refractivity contribution in [3.63, 3.8) is 0 Å². The Balaban J connectivity index is 1.49. The van der Waals surface area contributed by atoms with Gasteiger partial charge in [0.1, 0.15) is 11.6 Å². The van der Waals surface area contributed by atoms with Gasteiger partial charge in [-0.25, -0.2) is 9.37 Å². The molecule has 0 radical (unpaired) electrons. The molecule has 0 spiro atoms. The van der Waals surface area contributed by atoms with Crippen LogP contribution in [0.5, 0.6) is 5.75 Å². The SMILES string of the molecule is COc1ccc(C)cc1NC(=O)[C@@H]1CCc2sc(NC(=O)c3ccc(F)cc3)nc21. The van der Waals surface area contributed by atoms with Gasteiger partial charge in [-0.3, -0.25) is 14.9 Å². The second-order valence-corrected chi connectivity index (χ2v) is 8.16. The molecule has 0 fully saturated rings. The first-order valence-corrected chi connectivity index (χ1v) is 10.3. The fraction of sp³-hybridized carbons (Fsp3) is 0.227. The van der Waals surface area contributed by atoms with Crippen LogP contribution in [0.2, 0.25) is 0 Å². The minimum Gasteiger partial charge on any atom is -0.495 e. The second kappa shape index (κ2) is 8.23. The zero-order valence-corrected chi connectivity index (χ0v) is 17.3. The molecule has 0 saturated heterocycles. The van der Waals surface area contributed by atoms with E-state index in [1.165, 1.54) is 35.6 Å². The first-order chi connectivity index (χ1) is 14.4. The van der Waals surface area contributed by atoms with Crippen molar-refractivity contribution in [1.29, 1.82) is 0 Å². The number of hydrogen-bond acceptors (Lipinski definition) is 5. The third-order valence-corrected chi connectivity index (χ3v) is 6.02. The molecule has 1 aromatic heterocycles. The first kappa shape index (κ1) is 20.0. The van der Waals surface area contributed by atoms with E-state index in [-0.39, 0.29) is 11.8 Å². The number of aryl methyl sites for hydroxylation is 2. The van der Waals surface area contributed by atoms with E-state index in [0.717, 1.165) is 16.9 Å². The number of rotatable bonds is 5. The maximum absolute atomic E-state index is 13.0. The number of nitrogens with one attached hydrogen (secondary N) is 2. The van der Waals surface area contributed by atoms with Crippen molar-refractivity contribution in [3.8, 4) is 5.75 Å². The van der Waals surface area contributed by atoms with E-state index in [4.69, 9.17) is 4.74 Å². The Bertz CT molecular complexity index is 1110. The van der Waals surface area contributed by atoms with Gasteiger partial charge in [-0.1, -0.05) is 6.07 Å². The van der Waals surface area contributed by atoms with Crippen LogP contribution in [0.25, 0.3) is 0 Å². The molecule has 0 bridgehead atoms. The number of aromatic nitrogens is 1. The van der Waals surface area contributed by atoms with Gasteiger partial charge >= 0.3 is 0 Å². The highest BCUT2D eigenvalue weighted by atomic mass is 32.1. The summed E-state index contributed by atoms with van der Waals surface area (Å²) in [5.74, 6) is -0.721. The molecule has 30 heavy (non-hydrogen) atoms. The summed E-state index contributed by atoms with van der Waals surface area (Å²) in [7, 11) is 1.56. The number of halogens is 1. The minimum absolute atomic E-state index is 0.153. The van der Waals surface area contributed by atoms with E-state index < -0.39 is 11.7 Å². The monoisotopic (exact) mass is 425 g/mol. The van der Waals surface area contributed by atoms with Crippen LogP contribution in [-0.4, -0.2) is 23.9 Å². The summed E-state index contributed by atoms with van der Waals surface area (Å²) in [6.07, 6.45) is 1.39. The molecule has 4 rings (SSSR count).